The number of amides is 1. The Balaban J connectivity index is 1.65. The lowest BCUT2D eigenvalue weighted by Crippen LogP contribution is -2.39. The summed E-state index contributed by atoms with van der Waals surface area (Å²) in [4.78, 5) is 12.5. The Morgan fingerprint density at radius 1 is 1.12 bits per heavy atom. The summed E-state index contributed by atoms with van der Waals surface area (Å²) in [6.07, 6.45) is 0.631. The molecule has 0 radical (unpaired) electrons. The molecule has 1 amide bonds. The fourth-order valence-corrected chi connectivity index (χ4v) is 2.89. The Labute approximate surface area is 151 Å². The van der Waals surface area contributed by atoms with E-state index in [1.165, 1.54) is 0 Å². The highest BCUT2D eigenvalue weighted by Gasteiger charge is 2.30. The summed E-state index contributed by atoms with van der Waals surface area (Å²) in [7, 11) is 3.13. The molecule has 1 heterocycles. The van der Waals surface area contributed by atoms with Crippen LogP contribution >= 0.6 is 11.6 Å². The number of carbonyl (C=O) groups excluding carboxylic acids is 1. The van der Waals surface area contributed by atoms with Gasteiger partial charge in [0.1, 0.15) is 17.5 Å². The molecule has 7 heteroatoms. The van der Waals surface area contributed by atoms with Gasteiger partial charge in [0.15, 0.2) is 0 Å². The van der Waals surface area contributed by atoms with Gasteiger partial charge in [0.2, 0.25) is 5.91 Å². The Hall–Kier alpha value is -2.28. The molecule has 1 fully saturated rings. The Morgan fingerprint density at radius 3 is 2.56 bits per heavy atom. The van der Waals surface area contributed by atoms with Crippen LogP contribution in [0.5, 0.6) is 11.5 Å². The molecular formula is C18H20ClN3O3. The van der Waals surface area contributed by atoms with Crippen LogP contribution in [0.15, 0.2) is 42.5 Å². The standard InChI is InChI=1S/C18H20ClN3O3/c1-24-13-7-8-14(17(9-13)25-2)20-18(23)16-10-15(21-22-16)11-3-5-12(19)6-4-11/h3-9,15-16,21-22H,10H2,1-2H3,(H,20,23). The first kappa shape index (κ1) is 17.5. The summed E-state index contributed by atoms with van der Waals surface area (Å²) in [5.41, 5.74) is 7.87. The number of hydrogen-bond donors (Lipinski definition) is 3. The number of rotatable bonds is 5. The minimum Gasteiger partial charge on any atom is -0.497 e. The molecule has 3 N–H and O–H groups in total. The summed E-state index contributed by atoms with van der Waals surface area (Å²) in [6, 6.07) is 12.5. The number of anilines is 1. The van der Waals surface area contributed by atoms with Crippen molar-refractivity contribution in [3.63, 3.8) is 0 Å². The van der Waals surface area contributed by atoms with E-state index in [1.807, 2.05) is 24.3 Å². The molecule has 132 valence electrons. The van der Waals surface area contributed by atoms with Gasteiger partial charge in [0.05, 0.1) is 19.9 Å². The largest absolute Gasteiger partial charge is 0.497 e. The van der Waals surface area contributed by atoms with E-state index in [2.05, 4.69) is 16.2 Å². The van der Waals surface area contributed by atoms with Crippen molar-refractivity contribution in [2.45, 2.75) is 18.5 Å². The zero-order chi connectivity index (χ0) is 17.8. The summed E-state index contributed by atoms with van der Waals surface area (Å²) in [6.45, 7) is 0. The predicted octanol–water partition coefficient (Wildman–Crippen LogP) is 2.90. The van der Waals surface area contributed by atoms with Crippen molar-refractivity contribution in [1.29, 1.82) is 0 Å². The maximum absolute atomic E-state index is 12.5. The van der Waals surface area contributed by atoms with E-state index < -0.39 is 0 Å². The Kier molecular flexibility index (Phi) is 5.43. The molecule has 2 unspecified atom stereocenters. The quantitative estimate of drug-likeness (QED) is 0.763. The molecule has 0 aliphatic carbocycles. The summed E-state index contributed by atoms with van der Waals surface area (Å²) in [5.74, 6) is 1.08. The van der Waals surface area contributed by atoms with Crippen LogP contribution in [-0.4, -0.2) is 26.2 Å². The molecule has 6 nitrogen and oxygen atoms in total. The summed E-state index contributed by atoms with van der Waals surface area (Å²) < 4.78 is 10.5. The first-order valence-corrected chi connectivity index (χ1v) is 8.28. The van der Waals surface area contributed by atoms with Crippen molar-refractivity contribution in [3.05, 3.63) is 53.1 Å². The van der Waals surface area contributed by atoms with Gasteiger partial charge in [0, 0.05) is 17.1 Å². The summed E-state index contributed by atoms with van der Waals surface area (Å²) in [5, 5.41) is 3.58. The number of nitrogens with one attached hydrogen (secondary N) is 3. The molecule has 2 atom stereocenters. The lowest BCUT2D eigenvalue weighted by atomic mass is 10.0. The van der Waals surface area contributed by atoms with E-state index in [4.69, 9.17) is 21.1 Å². The zero-order valence-electron chi connectivity index (χ0n) is 14.0. The normalized spacial score (nSPS) is 19.5. The molecule has 2 aromatic carbocycles. The van der Waals surface area contributed by atoms with Gasteiger partial charge >= 0.3 is 0 Å². The molecule has 1 aliphatic heterocycles. The highest BCUT2D eigenvalue weighted by molar-refractivity contribution is 6.30. The van der Waals surface area contributed by atoms with Crippen molar-refractivity contribution in [2.75, 3.05) is 19.5 Å². The SMILES string of the molecule is COc1ccc(NC(=O)C2CC(c3ccc(Cl)cc3)NN2)c(OC)c1. The van der Waals surface area contributed by atoms with Gasteiger partial charge < -0.3 is 14.8 Å². The van der Waals surface area contributed by atoms with Crippen LogP contribution in [0.2, 0.25) is 5.02 Å². The number of methoxy groups -OCH3 is 2. The number of ether oxygens (including phenoxy) is 2. The van der Waals surface area contributed by atoms with E-state index in [0.717, 1.165) is 5.56 Å². The molecule has 0 saturated carbocycles. The minimum atomic E-state index is -0.354. The van der Waals surface area contributed by atoms with Gasteiger partial charge in [-0.1, -0.05) is 23.7 Å². The van der Waals surface area contributed by atoms with Crippen molar-refractivity contribution >= 4 is 23.2 Å². The fourth-order valence-electron chi connectivity index (χ4n) is 2.76. The highest BCUT2D eigenvalue weighted by atomic mass is 35.5. The van der Waals surface area contributed by atoms with Crippen LogP contribution in [0.4, 0.5) is 5.69 Å². The third-order valence-corrected chi connectivity index (χ3v) is 4.41. The predicted molar refractivity (Wildman–Crippen MR) is 97.0 cm³/mol. The monoisotopic (exact) mass is 361 g/mol. The average Bonchev–Trinajstić information content (AvgIpc) is 3.13. The molecule has 1 saturated heterocycles. The van der Waals surface area contributed by atoms with Gasteiger partial charge in [-0.2, -0.15) is 0 Å². The van der Waals surface area contributed by atoms with Crippen LogP contribution in [-0.2, 0) is 4.79 Å². The van der Waals surface area contributed by atoms with E-state index in [-0.39, 0.29) is 18.0 Å². The van der Waals surface area contributed by atoms with Crippen LogP contribution in [0.1, 0.15) is 18.0 Å². The molecule has 25 heavy (non-hydrogen) atoms. The second-order valence-corrected chi connectivity index (χ2v) is 6.17. The molecule has 1 aliphatic rings. The fraction of sp³-hybridized carbons (Fsp3) is 0.278. The van der Waals surface area contributed by atoms with E-state index in [0.29, 0.717) is 28.6 Å². The molecular weight excluding hydrogens is 342 g/mol. The van der Waals surface area contributed by atoms with E-state index in [9.17, 15) is 4.79 Å². The van der Waals surface area contributed by atoms with E-state index >= 15 is 0 Å². The molecule has 0 spiro atoms. The van der Waals surface area contributed by atoms with Crippen LogP contribution < -0.4 is 25.6 Å². The number of benzene rings is 2. The van der Waals surface area contributed by atoms with Crippen molar-refractivity contribution in [2.24, 2.45) is 0 Å². The van der Waals surface area contributed by atoms with Gasteiger partial charge in [-0.05, 0) is 36.2 Å². The van der Waals surface area contributed by atoms with Gasteiger partial charge in [-0.3, -0.25) is 4.79 Å². The van der Waals surface area contributed by atoms with Gasteiger partial charge in [0.25, 0.3) is 0 Å². The van der Waals surface area contributed by atoms with Crippen LogP contribution in [0.3, 0.4) is 0 Å². The zero-order valence-corrected chi connectivity index (χ0v) is 14.8. The van der Waals surface area contributed by atoms with Crippen molar-refractivity contribution in [3.8, 4) is 11.5 Å². The first-order valence-electron chi connectivity index (χ1n) is 7.90. The first-order chi connectivity index (χ1) is 12.1. The summed E-state index contributed by atoms with van der Waals surface area (Å²) >= 11 is 5.92. The molecule has 0 bridgehead atoms. The maximum atomic E-state index is 12.5. The highest BCUT2D eigenvalue weighted by Crippen LogP contribution is 2.30. The number of halogens is 1. The van der Waals surface area contributed by atoms with Crippen LogP contribution in [0, 0.1) is 0 Å². The lowest BCUT2D eigenvalue weighted by Gasteiger charge is -2.14. The van der Waals surface area contributed by atoms with Crippen LogP contribution in [0.25, 0.3) is 0 Å². The second kappa shape index (κ2) is 7.74. The lowest BCUT2D eigenvalue weighted by molar-refractivity contribution is -0.117. The van der Waals surface area contributed by atoms with E-state index in [1.54, 1.807) is 32.4 Å². The number of hydrogen-bond acceptors (Lipinski definition) is 5. The maximum Gasteiger partial charge on any atom is 0.243 e. The molecule has 3 rings (SSSR count). The van der Waals surface area contributed by atoms with Gasteiger partial charge in [-0.25, -0.2) is 10.9 Å². The third kappa shape index (κ3) is 4.04. The Bertz CT molecular complexity index is 752. The number of hydrazine groups is 1. The third-order valence-electron chi connectivity index (χ3n) is 4.16. The smallest absolute Gasteiger partial charge is 0.243 e. The second-order valence-electron chi connectivity index (χ2n) is 5.74. The minimum absolute atomic E-state index is 0.0470. The van der Waals surface area contributed by atoms with Gasteiger partial charge in [-0.15, -0.1) is 0 Å². The topological polar surface area (TPSA) is 71.6 Å². The Morgan fingerprint density at radius 2 is 1.88 bits per heavy atom. The molecule has 0 aromatic heterocycles. The van der Waals surface area contributed by atoms with Crippen molar-refractivity contribution < 1.29 is 14.3 Å². The average molecular weight is 362 g/mol. The molecule has 2 aromatic rings. The van der Waals surface area contributed by atoms with Crippen molar-refractivity contribution in [1.82, 2.24) is 10.9 Å². The number of carbonyl (C=O) groups is 1.